The van der Waals surface area contributed by atoms with Crippen LogP contribution in [0.1, 0.15) is 20.3 Å². The van der Waals surface area contributed by atoms with Crippen molar-refractivity contribution in [1.82, 2.24) is 4.90 Å². The summed E-state index contributed by atoms with van der Waals surface area (Å²) in [5, 5.41) is 9.58. The third kappa shape index (κ3) is 6.66. The molecule has 0 amide bonds. The van der Waals surface area contributed by atoms with Crippen LogP contribution < -0.4 is 5.73 Å². The van der Waals surface area contributed by atoms with E-state index < -0.39 is 0 Å². The normalized spacial score (nSPS) is 15.3. The molecule has 0 fully saturated rings. The number of ether oxygens (including phenoxy) is 2. The summed E-state index contributed by atoms with van der Waals surface area (Å²) in [6, 6.07) is -0.0496. The second kappa shape index (κ2) is 10.7. The Labute approximate surface area is 111 Å². The molecule has 0 saturated carbocycles. The summed E-state index contributed by atoms with van der Waals surface area (Å²) < 4.78 is 10.2. The minimum atomic E-state index is -0.0330. The third-order valence-electron chi connectivity index (χ3n) is 3.25. The molecule has 5 heteroatoms. The highest BCUT2D eigenvalue weighted by Crippen LogP contribution is 2.11. The lowest BCUT2D eigenvalue weighted by molar-refractivity contribution is 0.0581. The van der Waals surface area contributed by atoms with E-state index in [0.29, 0.717) is 12.5 Å². The molecular weight excluding hydrogens is 232 g/mol. The van der Waals surface area contributed by atoms with Gasteiger partial charge in [0.05, 0.1) is 13.2 Å². The molecule has 0 bridgehead atoms. The van der Waals surface area contributed by atoms with E-state index in [0.717, 1.165) is 26.1 Å². The molecule has 0 aliphatic carbocycles. The second-order valence-corrected chi connectivity index (χ2v) is 4.95. The average Bonchev–Trinajstić information content (AvgIpc) is 2.35. The Morgan fingerprint density at radius 2 is 1.72 bits per heavy atom. The zero-order valence-electron chi connectivity index (χ0n) is 12.3. The number of rotatable bonds is 11. The van der Waals surface area contributed by atoms with Crippen LogP contribution in [0.2, 0.25) is 0 Å². The Morgan fingerprint density at radius 3 is 2.17 bits per heavy atom. The minimum absolute atomic E-state index is 0.0167. The van der Waals surface area contributed by atoms with Gasteiger partial charge in [-0.3, -0.25) is 4.90 Å². The van der Waals surface area contributed by atoms with Crippen LogP contribution in [0.25, 0.3) is 0 Å². The van der Waals surface area contributed by atoms with Gasteiger partial charge >= 0.3 is 0 Å². The first kappa shape index (κ1) is 17.8. The average molecular weight is 262 g/mol. The van der Waals surface area contributed by atoms with Crippen molar-refractivity contribution in [2.24, 2.45) is 11.7 Å². The van der Waals surface area contributed by atoms with Crippen LogP contribution in [-0.2, 0) is 9.47 Å². The number of methoxy groups -OCH3 is 2. The van der Waals surface area contributed by atoms with Crippen molar-refractivity contribution in [3.05, 3.63) is 0 Å². The van der Waals surface area contributed by atoms with Crippen molar-refractivity contribution in [3.8, 4) is 0 Å². The van der Waals surface area contributed by atoms with E-state index in [1.807, 2.05) is 0 Å². The predicted octanol–water partition coefficient (Wildman–Crippen LogP) is 0.316. The molecule has 2 atom stereocenters. The topological polar surface area (TPSA) is 68.0 Å². The van der Waals surface area contributed by atoms with E-state index >= 15 is 0 Å². The smallest absolute Gasteiger partial charge is 0.0602 e. The Bertz CT molecular complexity index is 191. The molecular formula is C13H30N2O3. The van der Waals surface area contributed by atoms with Crippen molar-refractivity contribution < 1.29 is 14.6 Å². The highest BCUT2D eigenvalue weighted by atomic mass is 16.5. The standard InChI is InChI=1S/C13H30N2O3/c1-11(2)13(14)12(10-16)15(7-9-18-4)6-5-8-17-3/h11-13,16H,5-10,14H2,1-4H3. The van der Waals surface area contributed by atoms with Gasteiger partial charge in [0.1, 0.15) is 0 Å². The molecule has 0 aromatic heterocycles. The summed E-state index contributed by atoms with van der Waals surface area (Å²) in [6.45, 7) is 7.26. The second-order valence-electron chi connectivity index (χ2n) is 4.95. The summed E-state index contributed by atoms with van der Waals surface area (Å²) in [4.78, 5) is 2.20. The van der Waals surface area contributed by atoms with Crippen LogP contribution in [0, 0.1) is 5.92 Å². The van der Waals surface area contributed by atoms with Crippen molar-refractivity contribution in [2.75, 3.05) is 47.1 Å². The van der Waals surface area contributed by atoms with E-state index in [4.69, 9.17) is 15.2 Å². The molecule has 3 N–H and O–H groups in total. The molecule has 2 unspecified atom stereocenters. The van der Waals surface area contributed by atoms with E-state index in [9.17, 15) is 5.11 Å². The van der Waals surface area contributed by atoms with E-state index in [-0.39, 0.29) is 18.7 Å². The zero-order valence-corrected chi connectivity index (χ0v) is 12.3. The number of aliphatic hydroxyl groups excluding tert-OH is 1. The first-order valence-electron chi connectivity index (χ1n) is 6.66. The first-order chi connectivity index (χ1) is 8.58. The highest BCUT2D eigenvalue weighted by Gasteiger charge is 2.25. The van der Waals surface area contributed by atoms with Crippen molar-refractivity contribution in [3.63, 3.8) is 0 Å². The quantitative estimate of drug-likeness (QED) is 0.525. The predicted molar refractivity (Wildman–Crippen MR) is 73.6 cm³/mol. The monoisotopic (exact) mass is 262 g/mol. The third-order valence-corrected chi connectivity index (χ3v) is 3.25. The molecule has 0 radical (unpaired) electrons. The van der Waals surface area contributed by atoms with Crippen LogP contribution in [-0.4, -0.2) is 69.2 Å². The summed E-state index contributed by atoms with van der Waals surface area (Å²) >= 11 is 0. The maximum atomic E-state index is 9.58. The van der Waals surface area contributed by atoms with Gasteiger partial charge in [0.15, 0.2) is 0 Å². The largest absolute Gasteiger partial charge is 0.395 e. The van der Waals surface area contributed by atoms with Gasteiger partial charge in [-0.15, -0.1) is 0 Å². The van der Waals surface area contributed by atoms with Crippen LogP contribution in [0.3, 0.4) is 0 Å². The Balaban J connectivity index is 4.45. The molecule has 0 saturated heterocycles. The van der Waals surface area contributed by atoms with Crippen LogP contribution in [0.5, 0.6) is 0 Å². The molecule has 18 heavy (non-hydrogen) atoms. The molecule has 0 aromatic carbocycles. The van der Waals surface area contributed by atoms with Gasteiger partial charge in [-0.2, -0.15) is 0 Å². The van der Waals surface area contributed by atoms with E-state index in [1.165, 1.54) is 0 Å². The molecule has 0 aliphatic heterocycles. The fraction of sp³-hybridized carbons (Fsp3) is 1.00. The van der Waals surface area contributed by atoms with Gasteiger partial charge < -0.3 is 20.3 Å². The SMILES string of the molecule is COCCCN(CCOC)C(CO)C(N)C(C)C. The minimum Gasteiger partial charge on any atom is -0.395 e. The number of nitrogens with zero attached hydrogens (tertiary/aromatic N) is 1. The van der Waals surface area contributed by atoms with Gasteiger partial charge in [0.25, 0.3) is 0 Å². The zero-order chi connectivity index (χ0) is 14.0. The summed E-state index contributed by atoms with van der Waals surface area (Å²) in [6.07, 6.45) is 0.932. The molecule has 110 valence electrons. The Hall–Kier alpha value is -0.200. The number of aliphatic hydroxyl groups is 1. The van der Waals surface area contributed by atoms with Crippen LogP contribution in [0.15, 0.2) is 0 Å². The number of hydrogen-bond donors (Lipinski definition) is 2. The fourth-order valence-corrected chi connectivity index (χ4v) is 1.99. The molecule has 0 aliphatic rings. The lowest BCUT2D eigenvalue weighted by atomic mass is 9.96. The Kier molecular flexibility index (Phi) is 10.6. The van der Waals surface area contributed by atoms with Crippen molar-refractivity contribution in [1.29, 1.82) is 0 Å². The lowest BCUT2D eigenvalue weighted by Crippen LogP contribution is -2.53. The van der Waals surface area contributed by atoms with Gasteiger partial charge in [0, 0.05) is 46.0 Å². The number of hydrogen-bond acceptors (Lipinski definition) is 5. The highest BCUT2D eigenvalue weighted by molar-refractivity contribution is 4.84. The molecule has 0 heterocycles. The molecule has 0 aromatic rings. The number of nitrogens with two attached hydrogens (primary N) is 1. The first-order valence-corrected chi connectivity index (χ1v) is 6.66. The van der Waals surface area contributed by atoms with Gasteiger partial charge in [-0.05, 0) is 12.3 Å². The van der Waals surface area contributed by atoms with Crippen LogP contribution in [0.4, 0.5) is 0 Å². The maximum Gasteiger partial charge on any atom is 0.0602 e. The molecule has 5 nitrogen and oxygen atoms in total. The van der Waals surface area contributed by atoms with Crippen molar-refractivity contribution >= 4 is 0 Å². The van der Waals surface area contributed by atoms with Crippen molar-refractivity contribution in [2.45, 2.75) is 32.4 Å². The van der Waals surface area contributed by atoms with Crippen LogP contribution >= 0.6 is 0 Å². The summed E-state index contributed by atoms with van der Waals surface area (Å²) in [5.41, 5.74) is 6.17. The van der Waals surface area contributed by atoms with E-state index in [2.05, 4.69) is 18.7 Å². The lowest BCUT2D eigenvalue weighted by Gasteiger charge is -2.36. The van der Waals surface area contributed by atoms with Gasteiger partial charge in [-0.25, -0.2) is 0 Å². The van der Waals surface area contributed by atoms with Gasteiger partial charge in [0.2, 0.25) is 0 Å². The maximum absolute atomic E-state index is 9.58. The summed E-state index contributed by atoms with van der Waals surface area (Å²) in [7, 11) is 3.38. The summed E-state index contributed by atoms with van der Waals surface area (Å²) in [5.74, 6) is 0.342. The fourth-order valence-electron chi connectivity index (χ4n) is 1.99. The van der Waals surface area contributed by atoms with E-state index in [1.54, 1.807) is 14.2 Å². The van der Waals surface area contributed by atoms with Gasteiger partial charge in [-0.1, -0.05) is 13.8 Å². The Morgan fingerprint density at radius 1 is 1.11 bits per heavy atom. The molecule has 0 rings (SSSR count). The molecule has 0 spiro atoms.